The Labute approximate surface area is 95.5 Å². The maximum absolute atomic E-state index is 5.68. The van der Waals surface area contributed by atoms with Gasteiger partial charge in [-0.05, 0) is 36.3 Å². The minimum atomic E-state index is 0.563. The van der Waals surface area contributed by atoms with Crippen LogP contribution in [0.4, 0.5) is 5.82 Å². The van der Waals surface area contributed by atoms with Gasteiger partial charge in [0.1, 0.15) is 5.82 Å². The molecule has 1 aromatic heterocycles. The highest BCUT2D eigenvalue weighted by Crippen LogP contribution is 2.10. The predicted octanol–water partition coefficient (Wildman–Crippen LogP) is 3.14. The molecule has 1 aromatic carbocycles. The van der Waals surface area contributed by atoms with Gasteiger partial charge < -0.3 is 5.73 Å². The molecule has 0 aliphatic heterocycles. The summed E-state index contributed by atoms with van der Waals surface area (Å²) in [6.07, 6.45) is 4.00. The average molecular weight is 210 g/mol. The molecular formula is C14H14N2. The van der Waals surface area contributed by atoms with Crippen LogP contribution in [-0.2, 0) is 0 Å². The summed E-state index contributed by atoms with van der Waals surface area (Å²) in [6.45, 7) is 2.01. The van der Waals surface area contributed by atoms with Crippen molar-refractivity contribution in [1.29, 1.82) is 0 Å². The van der Waals surface area contributed by atoms with Crippen molar-refractivity contribution in [1.82, 2.24) is 4.98 Å². The second-order valence-corrected chi connectivity index (χ2v) is 3.74. The number of rotatable bonds is 2. The number of aromatic nitrogens is 1. The van der Waals surface area contributed by atoms with Crippen LogP contribution in [-0.4, -0.2) is 4.98 Å². The summed E-state index contributed by atoms with van der Waals surface area (Å²) in [6, 6.07) is 14.0. The van der Waals surface area contributed by atoms with E-state index < -0.39 is 0 Å². The highest BCUT2D eigenvalue weighted by atomic mass is 14.8. The smallest absolute Gasteiger partial charge is 0.124 e. The molecule has 2 nitrogen and oxygen atoms in total. The average Bonchev–Trinajstić information content (AvgIpc) is 2.27. The molecule has 0 amide bonds. The maximum atomic E-state index is 5.68. The van der Waals surface area contributed by atoms with Gasteiger partial charge in [-0.3, -0.25) is 0 Å². The number of hydrogen-bond acceptors (Lipinski definition) is 2. The summed E-state index contributed by atoms with van der Waals surface area (Å²) in [7, 11) is 0. The fourth-order valence-corrected chi connectivity index (χ4v) is 1.55. The van der Waals surface area contributed by atoms with Crippen LogP contribution in [0.15, 0.2) is 42.5 Å². The number of aryl methyl sites for hydroxylation is 1. The summed E-state index contributed by atoms with van der Waals surface area (Å²) in [5.74, 6) is 0.563. The lowest BCUT2D eigenvalue weighted by atomic mass is 10.2. The lowest BCUT2D eigenvalue weighted by Gasteiger charge is -1.98. The van der Waals surface area contributed by atoms with E-state index in [-0.39, 0.29) is 0 Å². The number of nitrogen functional groups attached to an aromatic ring is 1. The molecule has 0 unspecified atom stereocenters. The van der Waals surface area contributed by atoms with E-state index in [9.17, 15) is 0 Å². The highest BCUT2D eigenvalue weighted by Gasteiger charge is 1.93. The van der Waals surface area contributed by atoms with Gasteiger partial charge in [-0.1, -0.05) is 36.4 Å². The Morgan fingerprint density at radius 3 is 2.50 bits per heavy atom. The monoisotopic (exact) mass is 210 g/mol. The van der Waals surface area contributed by atoms with Crippen molar-refractivity contribution < 1.29 is 0 Å². The van der Waals surface area contributed by atoms with Gasteiger partial charge >= 0.3 is 0 Å². The summed E-state index contributed by atoms with van der Waals surface area (Å²) in [5, 5.41) is 0. The van der Waals surface area contributed by atoms with E-state index in [1.165, 1.54) is 0 Å². The number of hydrogen-bond donors (Lipinski definition) is 1. The van der Waals surface area contributed by atoms with Crippen molar-refractivity contribution in [2.75, 3.05) is 5.73 Å². The Kier molecular flexibility index (Phi) is 3.01. The summed E-state index contributed by atoms with van der Waals surface area (Å²) >= 11 is 0. The lowest BCUT2D eigenvalue weighted by molar-refractivity contribution is 1.27. The van der Waals surface area contributed by atoms with Crippen molar-refractivity contribution in [3.05, 3.63) is 59.3 Å². The fourth-order valence-electron chi connectivity index (χ4n) is 1.55. The molecule has 0 aliphatic rings. The Balaban J connectivity index is 2.24. The first-order valence-corrected chi connectivity index (χ1v) is 5.21. The van der Waals surface area contributed by atoms with E-state index in [4.69, 9.17) is 5.73 Å². The van der Waals surface area contributed by atoms with Crippen LogP contribution < -0.4 is 5.73 Å². The zero-order valence-corrected chi connectivity index (χ0v) is 9.22. The third-order valence-corrected chi connectivity index (χ3v) is 2.26. The molecule has 2 heteroatoms. The maximum Gasteiger partial charge on any atom is 0.124 e. The van der Waals surface area contributed by atoms with Crippen LogP contribution in [0.1, 0.15) is 16.8 Å². The SMILES string of the molecule is Cc1cc(N)nc(C=Cc2ccccc2)c1. The second kappa shape index (κ2) is 4.62. The van der Waals surface area contributed by atoms with Gasteiger partial charge in [-0.25, -0.2) is 4.98 Å². The Morgan fingerprint density at radius 1 is 1.06 bits per heavy atom. The van der Waals surface area contributed by atoms with Crippen LogP contribution in [0.5, 0.6) is 0 Å². The normalized spacial score (nSPS) is 10.8. The minimum absolute atomic E-state index is 0.563. The Bertz CT molecular complexity index is 481. The molecule has 0 fully saturated rings. The van der Waals surface area contributed by atoms with Crippen molar-refractivity contribution >= 4 is 18.0 Å². The van der Waals surface area contributed by atoms with Crippen LogP contribution >= 0.6 is 0 Å². The topological polar surface area (TPSA) is 38.9 Å². The van der Waals surface area contributed by atoms with E-state index in [2.05, 4.69) is 17.1 Å². The molecule has 16 heavy (non-hydrogen) atoms. The van der Waals surface area contributed by atoms with Gasteiger partial charge in [0.2, 0.25) is 0 Å². The van der Waals surface area contributed by atoms with Gasteiger partial charge in [-0.15, -0.1) is 0 Å². The molecule has 1 heterocycles. The summed E-state index contributed by atoms with van der Waals surface area (Å²) in [5.41, 5.74) is 8.86. The number of anilines is 1. The lowest BCUT2D eigenvalue weighted by Crippen LogP contribution is -1.92. The molecule has 0 spiro atoms. The molecule has 0 aliphatic carbocycles. The molecule has 80 valence electrons. The molecule has 0 atom stereocenters. The standard InChI is InChI=1S/C14H14N2/c1-11-9-13(16-14(15)10-11)8-7-12-5-3-2-4-6-12/h2-10H,1H3,(H2,15,16). The first kappa shape index (κ1) is 10.4. The molecule has 2 aromatic rings. The minimum Gasteiger partial charge on any atom is -0.384 e. The van der Waals surface area contributed by atoms with Crippen molar-refractivity contribution in [2.24, 2.45) is 0 Å². The third-order valence-electron chi connectivity index (χ3n) is 2.26. The van der Waals surface area contributed by atoms with E-state index in [0.29, 0.717) is 5.82 Å². The Morgan fingerprint density at radius 2 is 1.81 bits per heavy atom. The number of benzene rings is 1. The molecule has 0 saturated heterocycles. The van der Waals surface area contributed by atoms with E-state index in [1.54, 1.807) is 0 Å². The van der Waals surface area contributed by atoms with Gasteiger partial charge in [0, 0.05) is 0 Å². The van der Waals surface area contributed by atoms with E-state index >= 15 is 0 Å². The molecule has 0 bridgehead atoms. The molecule has 0 radical (unpaired) electrons. The number of nitrogens with zero attached hydrogens (tertiary/aromatic N) is 1. The zero-order chi connectivity index (χ0) is 11.4. The van der Waals surface area contributed by atoms with E-state index in [1.807, 2.05) is 49.4 Å². The molecule has 2 rings (SSSR count). The number of nitrogens with two attached hydrogens (primary N) is 1. The van der Waals surface area contributed by atoms with Gasteiger partial charge in [0.25, 0.3) is 0 Å². The first-order valence-electron chi connectivity index (χ1n) is 5.21. The van der Waals surface area contributed by atoms with Crippen molar-refractivity contribution in [3.8, 4) is 0 Å². The van der Waals surface area contributed by atoms with Gasteiger partial charge in [0.15, 0.2) is 0 Å². The van der Waals surface area contributed by atoms with Crippen LogP contribution in [0.3, 0.4) is 0 Å². The van der Waals surface area contributed by atoms with Crippen LogP contribution in [0.2, 0.25) is 0 Å². The molecule has 2 N–H and O–H groups in total. The first-order chi connectivity index (χ1) is 7.74. The van der Waals surface area contributed by atoms with Gasteiger partial charge in [-0.2, -0.15) is 0 Å². The molecule has 0 saturated carbocycles. The number of pyridine rings is 1. The largest absolute Gasteiger partial charge is 0.384 e. The van der Waals surface area contributed by atoms with E-state index in [0.717, 1.165) is 16.8 Å². The summed E-state index contributed by atoms with van der Waals surface area (Å²) in [4.78, 5) is 4.24. The fraction of sp³-hybridized carbons (Fsp3) is 0.0714. The molecular weight excluding hydrogens is 196 g/mol. The second-order valence-electron chi connectivity index (χ2n) is 3.74. The predicted molar refractivity (Wildman–Crippen MR) is 68.8 cm³/mol. The third kappa shape index (κ3) is 2.70. The Hall–Kier alpha value is -2.09. The van der Waals surface area contributed by atoms with Gasteiger partial charge in [0.05, 0.1) is 5.69 Å². The summed E-state index contributed by atoms with van der Waals surface area (Å²) < 4.78 is 0. The van der Waals surface area contributed by atoms with Crippen LogP contribution in [0, 0.1) is 6.92 Å². The van der Waals surface area contributed by atoms with Crippen molar-refractivity contribution in [3.63, 3.8) is 0 Å². The highest BCUT2D eigenvalue weighted by molar-refractivity contribution is 5.68. The van der Waals surface area contributed by atoms with Crippen molar-refractivity contribution in [2.45, 2.75) is 6.92 Å². The zero-order valence-electron chi connectivity index (χ0n) is 9.22. The quantitative estimate of drug-likeness (QED) is 0.827. The van der Waals surface area contributed by atoms with Crippen LogP contribution in [0.25, 0.3) is 12.2 Å².